The quantitative estimate of drug-likeness (QED) is 0.815. The summed E-state index contributed by atoms with van der Waals surface area (Å²) in [7, 11) is 0. The van der Waals surface area contributed by atoms with Gasteiger partial charge in [0.1, 0.15) is 11.2 Å². The van der Waals surface area contributed by atoms with Crippen LogP contribution in [-0.2, 0) is 0 Å². The van der Waals surface area contributed by atoms with Crippen LogP contribution in [0.2, 0.25) is 0 Å². The smallest absolute Gasteiger partial charge is 0.271 e. The average Bonchev–Trinajstić information content (AvgIpc) is 2.79. The molecule has 1 heterocycles. The van der Waals surface area contributed by atoms with Gasteiger partial charge in [0.15, 0.2) is 0 Å². The van der Waals surface area contributed by atoms with Crippen molar-refractivity contribution in [1.82, 2.24) is 10.3 Å². The third-order valence-corrected chi connectivity index (χ3v) is 2.92. The zero-order chi connectivity index (χ0) is 11.4. The van der Waals surface area contributed by atoms with E-state index >= 15 is 0 Å². The van der Waals surface area contributed by atoms with Gasteiger partial charge >= 0.3 is 0 Å². The standard InChI is InChI=1S/C12H13N3O/c13-9-12(6-2-3-7-12)15-11(16)10-5-1-4-8-14-10/h1,4-5,8H,2-3,6-7H2,(H,15,16). The summed E-state index contributed by atoms with van der Waals surface area (Å²) in [5, 5.41) is 11.9. The first kappa shape index (κ1) is 10.6. The Morgan fingerprint density at radius 2 is 2.19 bits per heavy atom. The molecular formula is C12H13N3O. The van der Waals surface area contributed by atoms with Gasteiger partial charge in [0.25, 0.3) is 5.91 Å². The van der Waals surface area contributed by atoms with Crippen molar-refractivity contribution >= 4 is 5.91 Å². The molecule has 16 heavy (non-hydrogen) atoms. The monoisotopic (exact) mass is 215 g/mol. The van der Waals surface area contributed by atoms with Crippen LogP contribution in [0, 0.1) is 11.3 Å². The Bertz CT molecular complexity index is 416. The van der Waals surface area contributed by atoms with E-state index in [1.807, 2.05) is 0 Å². The van der Waals surface area contributed by atoms with E-state index in [4.69, 9.17) is 5.26 Å². The molecule has 2 rings (SSSR count). The molecule has 1 fully saturated rings. The van der Waals surface area contributed by atoms with E-state index in [1.165, 1.54) is 0 Å². The number of hydrogen-bond acceptors (Lipinski definition) is 3. The fraction of sp³-hybridized carbons (Fsp3) is 0.417. The van der Waals surface area contributed by atoms with Gasteiger partial charge in [-0.25, -0.2) is 0 Å². The Kier molecular flexibility index (Phi) is 2.86. The van der Waals surface area contributed by atoms with Crippen LogP contribution in [0.1, 0.15) is 36.2 Å². The number of hydrogen-bond donors (Lipinski definition) is 1. The van der Waals surface area contributed by atoms with Crippen LogP contribution in [0.4, 0.5) is 0 Å². The second-order valence-electron chi connectivity index (χ2n) is 4.07. The summed E-state index contributed by atoms with van der Waals surface area (Å²) >= 11 is 0. The largest absolute Gasteiger partial charge is 0.332 e. The van der Waals surface area contributed by atoms with Crippen molar-refractivity contribution in [3.63, 3.8) is 0 Å². The minimum atomic E-state index is -0.672. The van der Waals surface area contributed by atoms with Crippen molar-refractivity contribution in [3.8, 4) is 6.07 Å². The lowest BCUT2D eigenvalue weighted by Gasteiger charge is -2.21. The molecule has 1 aliphatic rings. The molecule has 1 aliphatic carbocycles. The highest BCUT2D eigenvalue weighted by atomic mass is 16.2. The molecule has 0 spiro atoms. The molecule has 0 saturated heterocycles. The predicted molar refractivity (Wildman–Crippen MR) is 58.5 cm³/mol. The van der Waals surface area contributed by atoms with Gasteiger partial charge in [-0.2, -0.15) is 5.26 Å². The van der Waals surface area contributed by atoms with Crippen molar-refractivity contribution < 1.29 is 4.79 Å². The lowest BCUT2D eigenvalue weighted by Crippen LogP contribution is -2.45. The summed E-state index contributed by atoms with van der Waals surface area (Å²) in [6.07, 6.45) is 5.04. The summed E-state index contributed by atoms with van der Waals surface area (Å²) in [5.74, 6) is -0.260. The van der Waals surface area contributed by atoms with E-state index in [9.17, 15) is 4.79 Å². The van der Waals surface area contributed by atoms with Gasteiger partial charge in [-0.1, -0.05) is 6.07 Å². The number of rotatable bonds is 2. The van der Waals surface area contributed by atoms with Gasteiger partial charge < -0.3 is 5.32 Å². The highest BCUT2D eigenvalue weighted by Crippen LogP contribution is 2.29. The summed E-state index contributed by atoms with van der Waals surface area (Å²) in [4.78, 5) is 15.8. The Morgan fingerprint density at radius 1 is 1.44 bits per heavy atom. The van der Waals surface area contributed by atoms with Crippen molar-refractivity contribution in [3.05, 3.63) is 30.1 Å². The fourth-order valence-corrected chi connectivity index (χ4v) is 2.02. The highest BCUT2D eigenvalue weighted by Gasteiger charge is 2.35. The van der Waals surface area contributed by atoms with E-state index in [0.717, 1.165) is 25.7 Å². The van der Waals surface area contributed by atoms with Crippen molar-refractivity contribution in [2.45, 2.75) is 31.2 Å². The number of amides is 1. The second kappa shape index (κ2) is 4.31. The van der Waals surface area contributed by atoms with E-state index < -0.39 is 5.54 Å². The van der Waals surface area contributed by atoms with Crippen LogP contribution >= 0.6 is 0 Å². The second-order valence-corrected chi connectivity index (χ2v) is 4.07. The van der Waals surface area contributed by atoms with Crippen LogP contribution < -0.4 is 5.32 Å². The molecule has 1 aromatic heterocycles. The zero-order valence-electron chi connectivity index (χ0n) is 8.94. The summed E-state index contributed by atoms with van der Waals surface area (Å²) in [6, 6.07) is 7.38. The number of carbonyl (C=O) groups excluding carboxylic acids is 1. The molecule has 0 aromatic carbocycles. The Hall–Kier alpha value is -1.89. The van der Waals surface area contributed by atoms with Crippen LogP contribution in [-0.4, -0.2) is 16.4 Å². The molecule has 0 atom stereocenters. The fourth-order valence-electron chi connectivity index (χ4n) is 2.02. The normalized spacial score (nSPS) is 17.7. The van der Waals surface area contributed by atoms with Gasteiger partial charge in [0.2, 0.25) is 0 Å². The maximum absolute atomic E-state index is 11.8. The lowest BCUT2D eigenvalue weighted by atomic mass is 10.00. The third-order valence-electron chi connectivity index (χ3n) is 2.92. The topological polar surface area (TPSA) is 65.8 Å². The van der Waals surface area contributed by atoms with Gasteiger partial charge in [0, 0.05) is 6.20 Å². The zero-order valence-corrected chi connectivity index (χ0v) is 8.94. The molecule has 0 bridgehead atoms. The van der Waals surface area contributed by atoms with Gasteiger partial charge in [-0.15, -0.1) is 0 Å². The van der Waals surface area contributed by atoms with Crippen molar-refractivity contribution in [2.75, 3.05) is 0 Å². The van der Waals surface area contributed by atoms with E-state index in [1.54, 1.807) is 24.4 Å². The maximum Gasteiger partial charge on any atom is 0.271 e. The number of nitrogens with zero attached hydrogens (tertiary/aromatic N) is 2. The Balaban J connectivity index is 2.11. The first-order valence-electron chi connectivity index (χ1n) is 5.41. The summed E-state index contributed by atoms with van der Waals surface area (Å²) in [5.41, 5.74) is -0.307. The molecule has 1 aromatic rings. The molecule has 1 amide bonds. The molecule has 0 unspecified atom stereocenters. The molecule has 1 saturated carbocycles. The number of aromatic nitrogens is 1. The van der Waals surface area contributed by atoms with Gasteiger partial charge in [-0.05, 0) is 37.8 Å². The summed E-state index contributed by atoms with van der Waals surface area (Å²) < 4.78 is 0. The molecular weight excluding hydrogens is 202 g/mol. The lowest BCUT2D eigenvalue weighted by molar-refractivity contribution is 0.0915. The van der Waals surface area contributed by atoms with Crippen molar-refractivity contribution in [2.24, 2.45) is 0 Å². The molecule has 82 valence electrons. The molecule has 0 aliphatic heterocycles. The van der Waals surface area contributed by atoms with Gasteiger partial charge in [-0.3, -0.25) is 9.78 Å². The van der Waals surface area contributed by atoms with E-state index in [0.29, 0.717) is 5.69 Å². The van der Waals surface area contributed by atoms with Crippen molar-refractivity contribution in [1.29, 1.82) is 5.26 Å². The SMILES string of the molecule is N#CC1(NC(=O)c2ccccn2)CCCC1. The Labute approximate surface area is 94.3 Å². The number of pyridine rings is 1. The molecule has 4 heteroatoms. The Morgan fingerprint density at radius 3 is 2.75 bits per heavy atom. The third kappa shape index (κ3) is 2.03. The first-order chi connectivity index (χ1) is 7.76. The van der Waals surface area contributed by atoms with Crippen LogP contribution in [0.25, 0.3) is 0 Å². The minimum absolute atomic E-state index is 0.260. The average molecular weight is 215 g/mol. The number of nitriles is 1. The van der Waals surface area contributed by atoms with E-state index in [-0.39, 0.29) is 5.91 Å². The molecule has 0 radical (unpaired) electrons. The summed E-state index contributed by atoms with van der Waals surface area (Å²) in [6.45, 7) is 0. The van der Waals surface area contributed by atoms with E-state index in [2.05, 4.69) is 16.4 Å². The molecule has 4 nitrogen and oxygen atoms in total. The van der Waals surface area contributed by atoms with Crippen LogP contribution in [0.3, 0.4) is 0 Å². The highest BCUT2D eigenvalue weighted by molar-refractivity contribution is 5.93. The number of nitrogens with one attached hydrogen (secondary N) is 1. The maximum atomic E-state index is 11.8. The van der Waals surface area contributed by atoms with Gasteiger partial charge in [0.05, 0.1) is 6.07 Å². The predicted octanol–water partition coefficient (Wildman–Crippen LogP) is 1.65. The first-order valence-corrected chi connectivity index (χ1v) is 5.41. The molecule has 1 N–H and O–H groups in total. The number of carbonyl (C=O) groups is 1. The minimum Gasteiger partial charge on any atom is -0.332 e. The van der Waals surface area contributed by atoms with Crippen LogP contribution in [0.15, 0.2) is 24.4 Å². The van der Waals surface area contributed by atoms with Crippen LogP contribution in [0.5, 0.6) is 0 Å².